The number of carbonyl (C=O) groups is 2. The summed E-state index contributed by atoms with van der Waals surface area (Å²) >= 11 is 0. The number of ketones is 1. The molecule has 1 aliphatic rings. The average Bonchev–Trinajstić information content (AvgIpc) is 3.10. The van der Waals surface area contributed by atoms with E-state index < -0.39 is 39.9 Å². The molecule has 0 spiro atoms. The molecule has 0 radical (unpaired) electrons. The van der Waals surface area contributed by atoms with Crippen LogP contribution < -0.4 is 4.90 Å². The van der Waals surface area contributed by atoms with Gasteiger partial charge in [-0.25, -0.2) is 0 Å². The molecular weight excluding hydrogens is 450 g/mol. The van der Waals surface area contributed by atoms with Crippen molar-refractivity contribution < 1.29 is 24.7 Å². The molecule has 1 unspecified atom stereocenters. The number of benzene rings is 3. The molecule has 3 aromatic rings. The lowest BCUT2D eigenvalue weighted by Crippen LogP contribution is -2.29. The largest absolute Gasteiger partial charge is 0.507 e. The lowest BCUT2D eigenvalue weighted by Gasteiger charge is -2.25. The summed E-state index contributed by atoms with van der Waals surface area (Å²) in [6, 6.07) is 15.4. The van der Waals surface area contributed by atoms with Crippen LogP contribution in [0.5, 0.6) is 5.75 Å². The standard InChI is InChI=1S/C26H19N3O6/c1-14-3-4-15(2)19(11-14)24(31)22-23(17-7-10-21(30)20(12-17)29(34)35)28(26(33)25(22)32)18-8-5-16(13-27)6-9-18/h3-12,23,30-31H,1-2H3/b24-22+. The molecule has 3 aromatic carbocycles. The highest BCUT2D eigenvalue weighted by Gasteiger charge is 2.47. The van der Waals surface area contributed by atoms with Crippen LogP contribution in [0.2, 0.25) is 0 Å². The maximum atomic E-state index is 13.2. The Bertz CT molecular complexity index is 1470. The monoisotopic (exact) mass is 469 g/mol. The van der Waals surface area contributed by atoms with Crippen molar-refractivity contribution in [2.45, 2.75) is 19.9 Å². The van der Waals surface area contributed by atoms with Crippen LogP contribution >= 0.6 is 0 Å². The normalized spacial score (nSPS) is 16.8. The summed E-state index contributed by atoms with van der Waals surface area (Å²) in [7, 11) is 0. The van der Waals surface area contributed by atoms with Gasteiger partial charge >= 0.3 is 5.69 Å². The topological polar surface area (TPSA) is 145 Å². The van der Waals surface area contributed by atoms with E-state index in [0.29, 0.717) is 16.7 Å². The predicted octanol–water partition coefficient (Wildman–Crippen LogP) is 4.42. The fraction of sp³-hybridized carbons (Fsp3) is 0.115. The van der Waals surface area contributed by atoms with Crippen LogP contribution in [-0.2, 0) is 9.59 Å². The number of phenolic OH excluding ortho intramolecular Hbond substituents is 1. The van der Waals surface area contributed by atoms with Gasteiger partial charge in [0.25, 0.3) is 11.7 Å². The van der Waals surface area contributed by atoms with Crippen LogP contribution in [0.4, 0.5) is 11.4 Å². The van der Waals surface area contributed by atoms with Crippen LogP contribution in [0.1, 0.15) is 33.9 Å². The molecule has 2 N–H and O–H groups in total. The summed E-state index contributed by atoms with van der Waals surface area (Å²) in [5, 5.41) is 41.8. The molecule has 1 fully saturated rings. The van der Waals surface area contributed by atoms with E-state index in [1.54, 1.807) is 19.1 Å². The van der Waals surface area contributed by atoms with Crippen LogP contribution in [0, 0.1) is 35.3 Å². The Morgan fingerprint density at radius 2 is 1.74 bits per heavy atom. The third-order valence-electron chi connectivity index (χ3n) is 5.88. The van der Waals surface area contributed by atoms with Gasteiger partial charge in [-0.1, -0.05) is 23.8 Å². The molecule has 1 aliphatic heterocycles. The summed E-state index contributed by atoms with van der Waals surface area (Å²) in [5.74, 6) is -2.90. The fourth-order valence-electron chi connectivity index (χ4n) is 4.10. The zero-order chi connectivity index (χ0) is 25.4. The molecule has 1 heterocycles. The van der Waals surface area contributed by atoms with Crippen molar-refractivity contribution in [3.63, 3.8) is 0 Å². The Kier molecular flexibility index (Phi) is 5.81. The first-order chi connectivity index (χ1) is 16.6. The van der Waals surface area contributed by atoms with Crippen molar-refractivity contribution in [3.05, 3.63) is 104 Å². The molecule has 1 saturated heterocycles. The molecule has 35 heavy (non-hydrogen) atoms. The zero-order valence-corrected chi connectivity index (χ0v) is 18.7. The van der Waals surface area contributed by atoms with Gasteiger partial charge in [-0.15, -0.1) is 0 Å². The first kappa shape index (κ1) is 23.2. The number of aliphatic hydroxyl groups excluding tert-OH is 1. The fourth-order valence-corrected chi connectivity index (χ4v) is 4.10. The summed E-state index contributed by atoms with van der Waals surface area (Å²) in [4.78, 5) is 38.3. The first-order valence-electron chi connectivity index (χ1n) is 10.5. The molecule has 1 amide bonds. The third-order valence-corrected chi connectivity index (χ3v) is 5.88. The summed E-state index contributed by atoms with van der Waals surface area (Å²) in [6.45, 7) is 3.55. The number of Topliss-reactive ketones (excluding diaryl/α,β-unsaturated/α-hetero) is 1. The molecule has 0 aromatic heterocycles. The molecule has 0 aliphatic carbocycles. The van der Waals surface area contributed by atoms with Crippen LogP contribution in [0.3, 0.4) is 0 Å². The average molecular weight is 469 g/mol. The number of rotatable bonds is 4. The number of hydrogen-bond donors (Lipinski definition) is 2. The number of nitro groups is 1. The first-order valence-corrected chi connectivity index (χ1v) is 10.5. The third kappa shape index (κ3) is 3.98. The summed E-state index contributed by atoms with van der Waals surface area (Å²) in [5.41, 5.74) is 1.70. The zero-order valence-electron chi connectivity index (χ0n) is 18.7. The van der Waals surface area contributed by atoms with Crippen molar-refractivity contribution >= 4 is 28.8 Å². The van der Waals surface area contributed by atoms with Gasteiger partial charge in [0.05, 0.1) is 28.2 Å². The van der Waals surface area contributed by atoms with Crippen molar-refractivity contribution in [1.82, 2.24) is 0 Å². The van der Waals surface area contributed by atoms with Gasteiger partial charge in [0.2, 0.25) is 0 Å². The minimum absolute atomic E-state index is 0.143. The second-order valence-electron chi connectivity index (χ2n) is 8.15. The number of amides is 1. The number of nitro benzene ring substituents is 1. The predicted molar refractivity (Wildman–Crippen MR) is 127 cm³/mol. The smallest absolute Gasteiger partial charge is 0.311 e. The summed E-state index contributed by atoms with van der Waals surface area (Å²) < 4.78 is 0. The van der Waals surface area contributed by atoms with Gasteiger partial charge < -0.3 is 10.2 Å². The highest BCUT2D eigenvalue weighted by molar-refractivity contribution is 6.51. The maximum Gasteiger partial charge on any atom is 0.311 e. The Morgan fingerprint density at radius 3 is 2.37 bits per heavy atom. The molecule has 9 heteroatoms. The van der Waals surface area contributed by atoms with Crippen LogP contribution in [0.15, 0.2) is 66.2 Å². The van der Waals surface area contributed by atoms with Crippen LogP contribution in [-0.4, -0.2) is 26.8 Å². The molecular formula is C26H19N3O6. The lowest BCUT2D eigenvalue weighted by atomic mass is 9.93. The molecule has 174 valence electrons. The Morgan fingerprint density at radius 1 is 1.06 bits per heavy atom. The van der Waals surface area contributed by atoms with Crippen molar-refractivity contribution in [2.75, 3.05) is 4.90 Å². The van der Waals surface area contributed by atoms with Crippen molar-refractivity contribution in [3.8, 4) is 11.8 Å². The number of aromatic hydroxyl groups is 1. The second kappa shape index (κ2) is 8.76. The number of anilines is 1. The van der Waals surface area contributed by atoms with E-state index in [2.05, 4.69) is 0 Å². The minimum Gasteiger partial charge on any atom is -0.507 e. The maximum absolute atomic E-state index is 13.2. The molecule has 1 atom stereocenters. The summed E-state index contributed by atoms with van der Waals surface area (Å²) in [6.07, 6.45) is 0. The quantitative estimate of drug-likeness (QED) is 0.189. The Hall–Kier alpha value is -4.97. The highest BCUT2D eigenvalue weighted by atomic mass is 16.6. The van der Waals surface area contributed by atoms with E-state index in [9.17, 15) is 29.9 Å². The van der Waals surface area contributed by atoms with Gasteiger partial charge in [0.1, 0.15) is 5.76 Å². The minimum atomic E-state index is -1.22. The number of hydrogen-bond acceptors (Lipinski definition) is 7. The van der Waals surface area contributed by atoms with Crippen molar-refractivity contribution in [2.24, 2.45) is 0 Å². The van der Waals surface area contributed by atoms with E-state index in [0.717, 1.165) is 22.6 Å². The Labute approximate surface area is 199 Å². The number of phenols is 1. The molecule has 0 saturated carbocycles. The molecule has 4 rings (SSSR count). The number of nitrogens with zero attached hydrogens (tertiary/aromatic N) is 3. The van der Waals surface area contributed by atoms with Gasteiger partial charge in [-0.05, 0) is 61.4 Å². The number of carbonyl (C=O) groups excluding carboxylic acids is 2. The SMILES string of the molecule is Cc1ccc(C)c(/C(O)=C2\C(=O)C(=O)N(c3ccc(C#N)cc3)C2c2ccc(O)c([N+](=O)[O-])c2)c1. The lowest BCUT2D eigenvalue weighted by molar-refractivity contribution is -0.385. The van der Waals surface area contributed by atoms with E-state index in [1.807, 2.05) is 19.1 Å². The molecule has 0 bridgehead atoms. The highest BCUT2D eigenvalue weighted by Crippen LogP contribution is 2.44. The van der Waals surface area contributed by atoms with E-state index >= 15 is 0 Å². The van der Waals surface area contributed by atoms with Gasteiger partial charge in [-0.2, -0.15) is 5.26 Å². The van der Waals surface area contributed by atoms with E-state index in [1.165, 1.54) is 30.3 Å². The van der Waals surface area contributed by atoms with Crippen LogP contribution in [0.25, 0.3) is 5.76 Å². The number of aryl methyl sites for hydroxylation is 2. The number of aliphatic hydroxyl groups is 1. The molecule has 9 nitrogen and oxygen atoms in total. The van der Waals surface area contributed by atoms with Crippen molar-refractivity contribution in [1.29, 1.82) is 5.26 Å². The van der Waals surface area contributed by atoms with E-state index in [-0.39, 0.29) is 16.8 Å². The van der Waals surface area contributed by atoms with Gasteiger partial charge in [0, 0.05) is 17.3 Å². The Balaban J connectivity index is 2.01. The number of nitriles is 1. The van der Waals surface area contributed by atoms with Gasteiger partial charge in [0.15, 0.2) is 5.75 Å². The van der Waals surface area contributed by atoms with E-state index in [4.69, 9.17) is 5.26 Å². The second-order valence-corrected chi connectivity index (χ2v) is 8.15. The van der Waals surface area contributed by atoms with Gasteiger partial charge in [-0.3, -0.25) is 24.6 Å².